The lowest BCUT2D eigenvalue weighted by atomic mass is 10.1. The number of pyridine rings is 1. The summed E-state index contributed by atoms with van der Waals surface area (Å²) in [6, 6.07) is 19.2. The van der Waals surface area contributed by atoms with Crippen molar-refractivity contribution in [1.29, 1.82) is 0 Å². The molecule has 0 bridgehead atoms. The van der Waals surface area contributed by atoms with Crippen LogP contribution in [0.5, 0.6) is 5.75 Å². The second-order valence-electron chi connectivity index (χ2n) is 7.27. The molecule has 1 aliphatic rings. The molecule has 4 rings (SSSR count). The molecule has 2 heterocycles. The van der Waals surface area contributed by atoms with Gasteiger partial charge in [-0.15, -0.1) is 0 Å². The van der Waals surface area contributed by atoms with E-state index in [1.165, 1.54) is 0 Å². The Labute approximate surface area is 169 Å². The van der Waals surface area contributed by atoms with Crippen LogP contribution in [0.1, 0.15) is 5.56 Å². The molecular weight excluding hydrogens is 366 g/mol. The third kappa shape index (κ3) is 4.84. The average molecular weight is 391 g/mol. The molecule has 1 fully saturated rings. The highest BCUT2D eigenvalue weighted by atomic mass is 16.5. The van der Waals surface area contributed by atoms with Gasteiger partial charge in [0.15, 0.2) is 0 Å². The molecule has 0 saturated carbocycles. The smallest absolute Gasteiger partial charge is 0.252 e. The van der Waals surface area contributed by atoms with Crippen molar-refractivity contribution in [3.8, 4) is 5.75 Å². The van der Waals surface area contributed by atoms with E-state index in [9.17, 15) is 9.59 Å². The lowest BCUT2D eigenvalue weighted by molar-refractivity contribution is -0.132. The number of H-pyrrole nitrogens is 1. The van der Waals surface area contributed by atoms with E-state index in [1.807, 2.05) is 65.6 Å². The quantitative estimate of drug-likeness (QED) is 0.700. The summed E-state index contributed by atoms with van der Waals surface area (Å²) in [6.07, 6.45) is 0.136. The standard InChI is InChI=1S/C23H25N3O3/c27-22(17-19-16-18-6-4-5-9-21(18)24-23(19)28)26-12-10-25(11-13-26)14-15-29-20-7-2-1-3-8-20/h1-9,16H,10-15,17H2,(H,24,28). The molecule has 0 aliphatic carbocycles. The number of fused-ring (bicyclic) bond motifs is 1. The van der Waals surface area contributed by atoms with Crippen LogP contribution in [0.3, 0.4) is 0 Å². The lowest BCUT2D eigenvalue weighted by Gasteiger charge is -2.34. The number of piperazine rings is 1. The topological polar surface area (TPSA) is 65.6 Å². The number of carbonyl (C=O) groups excluding carboxylic acids is 1. The first-order valence-corrected chi connectivity index (χ1v) is 9.98. The predicted octanol–water partition coefficient (Wildman–Crippen LogP) is 2.29. The molecule has 2 aromatic carbocycles. The van der Waals surface area contributed by atoms with Crippen molar-refractivity contribution in [3.63, 3.8) is 0 Å². The fourth-order valence-corrected chi connectivity index (χ4v) is 3.63. The molecule has 6 heteroatoms. The van der Waals surface area contributed by atoms with Crippen LogP contribution in [-0.2, 0) is 11.2 Å². The minimum Gasteiger partial charge on any atom is -0.492 e. The Kier molecular flexibility index (Phi) is 5.91. The molecule has 0 spiro atoms. The Balaban J connectivity index is 1.27. The number of benzene rings is 2. The first-order valence-electron chi connectivity index (χ1n) is 9.98. The zero-order valence-electron chi connectivity index (χ0n) is 16.3. The Bertz CT molecular complexity index is 1020. The zero-order chi connectivity index (χ0) is 20.1. The van der Waals surface area contributed by atoms with Crippen LogP contribution in [0.4, 0.5) is 0 Å². The maximum atomic E-state index is 12.7. The van der Waals surface area contributed by atoms with E-state index >= 15 is 0 Å². The van der Waals surface area contributed by atoms with Crippen molar-refractivity contribution in [2.24, 2.45) is 0 Å². The van der Waals surface area contributed by atoms with Crippen LogP contribution in [0.25, 0.3) is 10.9 Å². The van der Waals surface area contributed by atoms with E-state index in [0.29, 0.717) is 25.3 Å². The van der Waals surface area contributed by atoms with Crippen molar-refractivity contribution in [2.75, 3.05) is 39.3 Å². The number of hydrogen-bond acceptors (Lipinski definition) is 4. The Morgan fingerprint density at radius 3 is 2.48 bits per heavy atom. The van der Waals surface area contributed by atoms with Gasteiger partial charge in [0.05, 0.1) is 6.42 Å². The van der Waals surface area contributed by atoms with Gasteiger partial charge in [-0.1, -0.05) is 36.4 Å². The maximum Gasteiger partial charge on any atom is 0.252 e. The first-order chi connectivity index (χ1) is 14.2. The highest BCUT2D eigenvalue weighted by molar-refractivity contribution is 5.82. The highest BCUT2D eigenvalue weighted by Crippen LogP contribution is 2.12. The Morgan fingerprint density at radius 2 is 1.69 bits per heavy atom. The molecule has 0 radical (unpaired) electrons. The summed E-state index contributed by atoms with van der Waals surface area (Å²) >= 11 is 0. The van der Waals surface area contributed by atoms with Gasteiger partial charge in [0, 0.05) is 43.8 Å². The summed E-state index contributed by atoms with van der Waals surface area (Å²) < 4.78 is 5.75. The number of nitrogens with zero attached hydrogens (tertiary/aromatic N) is 2. The minimum atomic E-state index is -0.186. The van der Waals surface area contributed by atoms with Gasteiger partial charge in [-0.05, 0) is 29.7 Å². The molecule has 6 nitrogen and oxygen atoms in total. The van der Waals surface area contributed by atoms with Crippen LogP contribution in [0.2, 0.25) is 0 Å². The molecular formula is C23H25N3O3. The van der Waals surface area contributed by atoms with E-state index in [1.54, 1.807) is 0 Å². The van der Waals surface area contributed by atoms with Crippen molar-refractivity contribution < 1.29 is 9.53 Å². The van der Waals surface area contributed by atoms with Gasteiger partial charge >= 0.3 is 0 Å². The lowest BCUT2D eigenvalue weighted by Crippen LogP contribution is -2.50. The number of aromatic amines is 1. The molecule has 1 aromatic heterocycles. The SMILES string of the molecule is O=C(Cc1cc2ccccc2[nH]c1=O)N1CCN(CCOc2ccccc2)CC1. The second kappa shape index (κ2) is 8.92. The van der Waals surface area contributed by atoms with Gasteiger partial charge in [-0.25, -0.2) is 0 Å². The van der Waals surface area contributed by atoms with Gasteiger partial charge in [0.2, 0.25) is 5.91 Å². The van der Waals surface area contributed by atoms with Crippen LogP contribution in [-0.4, -0.2) is 60.0 Å². The maximum absolute atomic E-state index is 12.7. The molecule has 1 N–H and O–H groups in total. The van der Waals surface area contributed by atoms with Gasteiger partial charge in [-0.3, -0.25) is 14.5 Å². The normalized spacial score (nSPS) is 14.8. The summed E-state index contributed by atoms with van der Waals surface area (Å²) in [7, 11) is 0. The van der Waals surface area contributed by atoms with Gasteiger partial charge in [-0.2, -0.15) is 0 Å². The molecule has 1 amide bonds. The third-order valence-corrected chi connectivity index (χ3v) is 5.32. The number of ether oxygens (including phenoxy) is 1. The van der Waals surface area contributed by atoms with Gasteiger partial charge in [0.1, 0.15) is 12.4 Å². The summed E-state index contributed by atoms with van der Waals surface area (Å²) in [6.45, 7) is 4.45. The summed E-state index contributed by atoms with van der Waals surface area (Å²) in [4.78, 5) is 32.0. The zero-order valence-corrected chi connectivity index (χ0v) is 16.3. The highest BCUT2D eigenvalue weighted by Gasteiger charge is 2.22. The number of aromatic nitrogens is 1. The number of nitrogens with one attached hydrogen (secondary N) is 1. The summed E-state index contributed by atoms with van der Waals surface area (Å²) in [5.41, 5.74) is 1.13. The van der Waals surface area contributed by atoms with Crippen molar-refractivity contribution in [2.45, 2.75) is 6.42 Å². The van der Waals surface area contributed by atoms with E-state index in [-0.39, 0.29) is 17.9 Å². The molecule has 29 heavy (non-hydrogen) atoms. The van der Waals surface area contributed by atoms with Crippen molar-refractivity contribution >= 4 is 16.8 Å². The predicted molar refractivity (Wildman–Crippen MR) is 113 cm³/mol. The largest absolute Gasteiger partial charge is 0.492 e. The Morgan fingerprint density at radius 1 is 0.966 bits per heavy atom. The van der Waals surface area contributed by atoms with Gasteiger partial charge < -0.3 is 14.6 Å². The van der Waals surface area contributed by atoms with E-state index in [0.717, 1.165) is 36.3 Å². The summed E-state index contributed by atoms with van der Waals surface area (Å²) in [5.74, 6) is 0.882. The van der Waals surface area contributed by atoms with Crippen molar-refractivity contribution in [3.05, 3.63) is 76.6 Å². The van der Waals surface area contributed by atoms with Crippen molar-refractivity contribution in [1.82, 2.24) is 14.8 Å². The minimum absolute atomic E-state index is 0.00552. The molecule has 0 atom stereocenters. The Hall–Kier alpha value is -3.12. The van der Waals surface area contributed by atoms with Crippen LogP contribution in [0.15, 0.2) is 65.5 Å². The number of rotatable bonds is 6. The number of para-hydroxylation sites is 2. The number of amides is 1. The third-order valence-electron chi connectivity index (χ3n) is 5.32. The fraction of sp³-hybridized carbons (Fsp3) is 0.304. The molecule has 1 aliphatic heterocycles. The molecule has 3 aromatic rings. The molecule has 0 unspecified atom stereocenters. The second-order valence-corrected chi connectivity index (χ2v) is 7.27. The van der Waals surface area contributed by atoms with Crippen LogP contribution < -0.4 is 10.3 Å². The van der Waals surface area contributed by atoms with Crippen LogP contribution in [0, 0.1) is 0 Å². The number of hydrogen-bond donors (Lipinski definition) is 1. The average Bonchev–Trinajstić information content (AvgIpc) is 2.75. The number of carbonyl (C=O) groups is 1. The van der Waals surface area contributed by atoms with Crippen LogP contribution >= 0.6 is 0 Å². The molecule has 150 valence electrons. The summed E-state index contributed by atoms with van der Waals surface area (Å²) in [5, 5.41) is 0.943. The monoisotopic (exact) mass is 391 g/mol. The van der Waals surface area contributed by atoms with E-state index in [2.05, 4.69) is 9.88 Å². The van der Waals surface area contributed by atoms with E-state index < -0.39 is 0 Å². The van der Waals surface area contributed by atoms with Gasteiger partial charge in [0.25, 0.3) is 5.56 Å². The van der Waals surface area contributed by atoms with E-state index in [4.69, 9.17) is 4.74 Å². The first kappa shape index (κ1) is 19.2. The fourth-order valence-electron chi connectivity index (χ4n) is 3.63. The molecule has 1 saturated heterocycles.